The maximum Gasteiger partial charge on any atom is 0.261 e. The molecule has 5 heteroatoms. The van der Waals surface area contributed by atoms with E-state index in [0.29, 0.717) is 6.54 Å². The van der Waals surface area contributed by atoms with E-state index in [-0.39, 0.29) is 6.10 Å². The predicted molar refractivity (Wildman–Crippen MR) is 66.2 cm³/mol. The highest BCUT2D eigenvalue weighted by molar-refractivity contribution is 5.28. The topological polar surface area (TPSA) is 30.5 Å². The molecule has 1 unspecified atom stereocenters. The Hall–Kier alpha value is -1.20. The zero-order chi connectivity index (χ0) is 13.4. The zero-order valence-electron chi connectivity index (χ0n) is 10.7. The van der Waals surface area contributed by atoms with Crippen molar-refractivity contribution in [2.75, 3.05) is 26.8 Å². The fraction of sp³-hybridized carbons (Fsp3) is 0.538. The Kier molecular flexibility index (Phi) is 6.60. The van der Waals surface area contributed by atoms with Crippen LogP contribution >= 0.6 is 0 Å². The molecule has 1 rings (SSSR count). The van der Waals surface area contributed by atoms with Gasteiger partial charge in [0.25, 0.3) is 6.43 Å². The highest BCUT2D eigenvalue weighted by Crippen LogP contribution is 2.20. The molecule has 102 valence electrons. The van der Waals surface area contributed by atoms with E-state index in [1.165, 1.54) is 0 Å². The number of hydrogen-bond donors (Lipinski definition) is 1. The number of hydrogen-bond acceptors (Lipinski definition) is 3. The first kappa shape index (κ1) is 14.9. The van der Waals surface area contributed by atoms with Crippen molar-refractivity contribution in [2.45, 2.75) is 19.5 Å². The summed E-state index contributed by atoms with van der Waals surface area (Å²) in [6, 6.07) is 7.23. The van der Waals surface area contributed by atoms with E-state index in [2.05, 4.69) is 5.32 Å². The standard InChI is InChI=1S/C13H19F2NO2/c1-3-16-8-12(18-9-13(14)15)10-4-6-11(17-2)7-5-10/h4-7,12-13,16H,3,8-9H2,1-2H3. The first-order valence-electron chi connectivity index (χ1n) is 5.91. The van der Waals surface area contributed by atoms with Gasteiger partial charge in [-0.05, 0) is 24.2 Å². The van der Waals surface area contributed by atoms with E-state index >= 15 is 0 Å². The zero-order valence-corrected chi connectivity index (χ0v) is 10.7. The largest absolute Gasteiger partial charge is 0.497 e. The van der Waals surface area contributed by atoms with Crippen LogP contribution in [0.1, 0.15) is 18.6 Å². The summed E-state index contributed by atoms with van der Waals surface area (Å²) in [7, 11) is 1.58. The fourth-order valence-electron chi connectivity index (χ4n) is 1.56. The second-order valence-electron chi connectivity index (χ2n) is 3.79. The lowest BCUT2D eigenvalue weighted by molar-refractivity contribution is -0.0244. The number of methoxy groups -OCH3 is 1. The van der Waals surface area contributed by atoms with Crippen molar-refractivity contribution in [3.8, 4) is 5.75 Å². The van der Waals surface area contributed by atoms with Gasteiger partial charge in [-0.1, -0.05) is 19.1 Å². The summed E-state index contributed by atoms with van der Waals surface area (Å²) in [5.74, 6) is 0.731. The minimum atomic E-state index is -2.45. The highest BCUT2D eigenvalue weighted by Gasteiger charge is 2.14. The molecule has 1 aromatic rings. The maximum atomic E-state index is 12.2. The van der Waals surface area contributed by atoms with Crippen molar-refractivity contribution in [2.24, 2.45) is 0 Å². The molecule has 0 spiro atoms. The second kappa shape index (κ2) is 8.00. The minimum absolute atomic E-state index is 0.371. The first-order chi connectivity index (χ1) is 8.67. The van der Waals surface area contributed by atoms with Crippen LogP contribution in [0.4, 0.5) is 8.78 Å². The lowest BCUT2D eigenvalue weighted by Crippen LogP contribution is -2.24. The molecule has 1 N–H and O–H groups in total. The van der Waals surface area contributed by atoms with Gasteiger partial charge in [-0.15, -0.1) is 0 Å². The van der Waals surface area contributed by atoms with E-state index in [4.69, 9.17) is 9.47 Å². The van der Waals surface area contributed by atoms with Gasteiger partial charge in [0.15, 0.2) is 0 Å². The van der Waals surface area contributed by atoms with Gasteiger partial charge >= 0.3 is 0 Å². The molecule has 1 aromatic carbocycles. The Morgan fingerprint density at radius 1 is 1.22 bits per heavy atom. The second-order valence-corrected chi connectivity index (χ2v) is 3.79. The van der Waals surface area contributed by atoms with E-state index in [9.17, 15) is 8.78 Å². The number of rotatable bonds is 8. The van der Waals surface area contributed by atoms with E-state index in [1.807, 2.05) is 19.1 Å². The van der Waals surface area contributed by atoms with Gasteiger partial charge in [-0.2, -0.15) is 0 Å². The molecule has 0 aliphatic carbocycles. The van der Waals surface area contributed by atoms with Gasteiger partial charge in [0.2, 0.25) is 0 Å². The van der Waals surface area contributed by atoms with Crippen LogP contribution in [-0.4, -0.2) is 33.2 Å². The molecule has 0 aromatic heterocycles. The molecule has 0 radical (unpaired) electrons. The van der Waals surface area contributed by atoms with Crippen molar-refractivity contribution in [1.82, 2.24) is 5.32 Å². The lowest BCUT2D eigenvalue weighted by Gasteiger charge is -2.18. The number of halogens is 2. The Morgan fingerprint density at radius 3 is 2.39 bits per heavy atom. The molecule has 3 nitrogen and oxygen atoms in total. The average molecular weight is 259 g/mol. The van der Waals surface area contributed by atoms with E-state index in [1.54, 1.807) is 19.2 Å². The number of nitrogens with one attached hydrogen (secondary N) is 1. The monoisotopic (exact) mass is 259 g/mol. The summed E-state index contributed by atoms with van der Waals surface area (Å²) in [5.41, 5.74) is 0.859. The van der Waals surface area contributed by atoms with E-state index in [0.717, 1.165) is 17.9 Å². The van der Waals surface area contributed by atoms with Gasteiger partial charge < -0.3 is 14.8 Å². The molecule has 0 aliphatic rings. The highest BCUT2D eigenvalue weighted by atomic mass is 19.3. The van der Waals surface area contributed by atoms with Crippen LogP contribution in [0.2, 0.25) is 0 Å². The number of benzene rings is 1. The summed E-state index contributed by atoms with van der Waals surface area (Å²) < 4.78 is 34.6. The van der Waals surface area contributed by atoms with Crippen molar-refractivity contribution in [3.05, 3.63) is 29.8 Å². The smallest absolute Gasteiger partial charge is 0.261 e. The van der Waals surface area contributed by atoms with Crippen molar-refractivity contribution in [1.29, 1.82) is 0 Å². The van der Waals surface area contributed by atoms with E-state index < -0.39 is 13.0 Å². The Labute approximate surface area is 106 Å². The molecule has 0 bridgehead atoms. The van der Waals surface area contributed by atoms with Gasteiger partial charge in [-0.3, -0.25) is 0 Å². The summed E-state index contributed by atoms with van der Waals surface area (Å²) in [6.45, 7) is 2.68. The third-order valence-electron chi connectivity index (χ3n) is 2.49. The normalized spacial score (nSPS) is 12.7. The quantitative estimate of drug-likeness (QED) is 0.778. The third kappa shape index (κ3) is 4.98. The lowest BCUT2D eigenvalue weighted by atomic mass is 10.1. The fourth-order valence-corrected chi connectivity index (χ4v) is 1.56. The summed E-state index contributed by atoms with van der Waals surface area (Å²) in [6.07, 6.45) is -2.82. The molecule has 0 saturated carbocycles. The molecule has 0 fully saturated rings. The van der Waals surface area contributed by atoms with Gasteiger partial charge in [0.05, 0.1) is 13.2 Å². The molecular formula is C13H19F2NO2. The van der Waals surface area contributed by atoms with Crippen LogP contribution in [0.3, 0.4) is 0 Å². The predicted octanol–water partition coefficient (Wildman–Crippen LogP) is 2.63. The SMILES string of the molecule is CCNCC(OCC(F)F)c1ccc(OC)cc1. The number of ether oxygens (including phenoxy) is 2. The number of likely N-dealkylation sites (N-methyl/N-ethyl adjacent to an activating group) is 1. The summed E-state index contributed by atoms with van der Waals surface area (Å²) in [4.78, 5) is 0. The molecule has 0 heterocycles. The Bertz CT molecular complexity index is 330. The van der Waals surface area contributed by atoms with Crippen LogP contribution in [0, 0.1) is 0 Å². The van der Waals surface area contributed by atoms with Crippen molar-refractivity contribution in [3.63, 3.8) is 0 Å². The molecule has 0 aliphatic heterocycles. The minimum Gasteiger partial charge on any atom is -0.497 e. The maximum absolute atomic E-state index is 12.2. The van der Waals surface area contributed by atoms with Crippen LogP contribution in [0.15, 0.2) is 24.3 Å². The number of alkyl halides is 2. The van der Waals surface area contributed by atoms with Gasteiger partial charge in [-0.25, -0.2) is 8.78 Å². The molecule has 18 heavy (non-hydrogen) atoms. The molecular weight excluding hydrogens is 240 g/mol. The van der Waals surface area contributed by atoms with Crippen molar-refractivity contribution >= 4 is 0 Å². The molecule has 0 saturated heterocycles. The molecule has 0 amide bonds. The van der Waals surface area contributed by atoms with Crippen LogP contribution in [0.25, 0.3) is 0 Å². The summed E-state index contributed by atoms with van der Waals surface area (Å²) >= 11 is 0. The summed E-state index contributed by atoms with van der Waals surface area (Å²) in [5, 5.41) is 3.10. The van der Waals surface area contributed by atoms with Crippen LogP contribution < -0.4 is 10.1 Å². The van der Waals surface area contributed by atoms with Gasteiger partial charge in [0.1, 0.15) is 12.4 Å². The van der Waals surface area contributed by atoms with Crippen molar-refractivity contribution < 1.29 is 18.3 Å². The average Bonchev–Trinajstić information content (AvgIpc) is 2.39. The van der Waals surface area contributed by atoms with Crippen LogP contribution in [0.5, 0.6) is 5.75 Å². The third-order valence-corrected chi connectivity index (χ3v) is 2.49. The Morgan fingerprint density at radius 2 is 1.89 bits per heavy atom. The van der Waals surface area contributed by atoms with Gasteiger partial charge in [0, 0.05) is 6.54 Å². The molecule has 1 atom stereocenters. The van der Waals surface area contributed by atoms with Crippen LogP contribution in [-0.2, 0) is 4.74 Å². The Balaban J connectivity index is 2.66. The first-order valence-corrected chi connectivity index (χ1v) is 5.91.